The molecule has 0 saturated heterocycles. The van der Waals surface area contributed by atoms with Crippen LogP contribution >= 0.6 is 24.0 Å². The predicted octanol–water partition coefficient (Wildman–Crippen LogP) is 2.75. The lowest BCUT2D eigenvalue weighted by Crippen LogP contribution is -2.41. The zero-order valence-electron chi connectivity index (χ0n) is 17.2. The van der Waals surface area contributed by atoms with Crippen molar-refractivity contribution in [3.63, 3.8) is 0 Å². The number of nitrogens with zero attached hydrogens (tertiary/aromatic N) is 1. The molecule has 9 heteroatoms. The van der Waals surface area contributed by atoms with Crippen molar-refractivity contribution in [1.82, 2.24) is 15.4 Å². The van der Waals surface area contributed by atoms with Crippen molar-refractivity contribution in [3.05, 3.63) is 66.2 Å². The Morgan fingerprint density at radius 1 is 1.00 bits per heavy atom. The van der Waals surface area contributed by atoms with E-state index in [0.717, 1.165) is 17.7 Å². The zero-order valence-corrected chi connectivity index (χ0v) is 20.4. The summed E-state index contributed by atoms with van der Waals surface area (Å²) in [6.07, 6.45) is 0.766. The van der Waals surface area contributed by atoms with E-state index in [0.29, 0.717) is 32.2 Å². The molecule has 0 amide bonds. The highest BCUT2D eigenvalue weighted by Crippen LogP contribution is 2.08. The number of guanidine groups is 1. The van der Waals surface area contributed by atoms with Crippen LogP contribution in [-0.2, 0) is 16.6 Å². The lowest BCUT2D eigenvalue weighted by atomic mass is 10.2. The number of sulfonamides is 1. The lowest BCUT2D eigenvalue weighted by molar-refractivity contribution is 0.313. The summed E-state index contributed by atoms with van der Waals surface area (Å²) in [5.74, 6) is 1.42. The number of hydrogen-bond donors (Lipinski definition) is 3. The number of aliphatic imine (C=N–C) groups is 1. The summed E-state index contributed by atoms with van der Waals surface area (Å²) in [5.41, 5.74) is 0.927. The number of benzene rings is 2. The molecule has 0 aromatic heterocycles. The Hall–Kier alpha value is -1.85. The molecule has 0 aliphatic carbocycles. The third-order valence-corrected chi connectivity index (χ3v) is 5.26. The first kappa shape index (κ1) is 26.2. The van der Waals surface area contributed by atoms with Crippen molar-refractivity contribution in [2.24, 2.45) is 4.99 Å². The molecule has 0 spiro atoms. The van der Waals surface area contributed by atoms with E-state index in [9.17, 15) is 8.42 Å². The molecule has 0 fully saturated rings. The van der Waals surface area contributed by atoms with E-state index >= 15 is 0 Å². The molecule has 0 heterocycles. The van der Waals surface area contributed by atoms with Gasteiger partial charge in [0.2, 0.25) is 10.0 Å². The van der Waals surface area contributed by atoms with Crippen LogP contribution in [0, 0.1) is 0 Å². The topological polar surface area (TPSA) is 91.8 Å². The minimum atomic E-state index is -3.37. The van der Waals surface area contributed by atoms with Gasteiger partial charge in [0, 0.05) is 32.6 Å². The van der Waals surface area contributed by atoms with Crippen molar-refractivity contribution < 1.29 is 13.2 Å². The maximum absolute atomic E-state index is 12.1. The van der Waals surface area contributed by atoms with Gasteiger partial charge in [-0.3, -0.25) is 4.99 Å². The van der Waals surface area contributed by atoms with Crippen molar-refractivity contribution in [3.8, 4) is 5.75 Å². The second-order valence-electron chi connectivity index (χ2n) is 6.33. The molecule has 0 aliphatic heterocycles. The molecule has 0 radical (unpaired) electrons. The molecule has 2 aromatic rings. The number of ether oxygens (including phenoxy) is 1. The standard InChI is InChI=1S/C21H30N4O3S.HI/c1-2-22-21(23-14-9-16-28-20-12-7-4-8-13-20)24-15-17-29(26,27)25-18-19-10-5-3-6-11-19;/h3-8,10-13,25H,2,9,14-18H2,1H3,(H2,22,23,24);1H. The molecule has 0 atom stereocenters. The third-order valence-electron chi connectivity index (χ3n) is 3.93. The number of para-hydroxylation sites is 1. The minimum Gasteiger partial charge on any atom is -0.494 e. The Morgan fingerprint density at radius 3 is 2.33 bits per heavy atom. The van der Waals surface area contributed by atoms with Crippen LogP contribution in [0.1, 0.15) is 18.9 Å². The smallest absolute Gasteiger partial charge is 0.213 e. The number of hydrogen-bond acceptors (Lipinski definition) is 4. The molecule has 2 aromatic carbocycles. The monoisotopic (exact) mass is 546 g/mol. The van der Waals surface area contributed by atoms with Crippen molar-refractivity contribution in [1.29, 1.82) is 0 Å². The average molecular weight is 546 g/mol. The molecule has 0 unspecified atom stereocenters. The number of nitrogens with one attached hydrogen (secondary N) is 3. The number of rotatable bonds is 12. The summed E-state index contributed by atoms with van der Waals surface area (Å²) < 4.78 is 32.5. The minimum absolute atomic E-state index is 0. The summed E-state index contributed by atoms with van der Waals surface area (Å²) in [4.78, 5) is 4.46. The highest BCUT2D eigenvalue weighted by Gasteiger charge is 2.10. The highest BCUT2D eigenvalue weighted by molar-refractivity contribution is 14.0. The molecule has 0 aliphatic rings. The predicted molar refractivity (Wildman–Crippen MR) is 133 cm³/mol. The van der Waals surface area contributed by atoms with Crippen molar-refractivity contribution in [2.45, 2.75) is 19.9 Å². The second-order valence-corrected chi connectivity index (χ2v) is 8.25. The summed E-state index contributed by atoms with van der Waals surface area (Å²) in [7, 11) is -3.37. The van der Waals surface area contributed by atoms with E-state index in [4.69, 9.17) is 4.74 Å². The number of halogens is 1. The first-order valence-corrected chi connectivity index (χ1v) is 11.5. The van der Waals surface area contributed by atoms with Crippen molar-refractivity contribution in [2.75, 3.05) is 32.0 Å². The van der Waals surface area contributed by atoms with Gasteiger partial charge in [0.15, 0.2) is 5.96 Å². The molecule has 166 valence electrons. The molecule has 0 bridgehead atoms. The zero-order chi connectivity index (χ0) is 20.8. The lowest BCUT2D eigenvalue weighted by Gasteiger charge is -2.12. The van der Waals surface area contributed by atoms with E-state index in [-0.39, 0.29) is 36.3 Å². The summed E-state index contributed by atoms with van der Waals surface area (Å²) >= 11 is 0. The normalized spacial score (nSPS) is 11.4. The van der Waals surface area contributed by atoms with Gasteiger partial charge in [-0.15, -0.1) is 24.0 Å². The van der Waals surface area contributed by atoms with Gasteiger partial charge in [-0.1, -0.05) is 48.5 Å². The van der Waals surface area contributed by atoms with Gasteiger partial charge in [0.1, 0.15) is 5.75 Å². The Labute approximate surface area is 196 Å². The first-order chi connectivity index (χ1) is 14.1. The average Bonchev–Trinajstić information content (AvgIpc) is 2.73. The van der Waals surface area contributed by atoms with E-state index in [1.165, 1.54) is 0 Å². The van der Waals surface area contributed by atoms with Gasteiger partial charge in [0.25, 0.3) is 0 Å². The van der Waals surface area contributed by atoms with E-state index in [1.807, 2.05) is 67.6 Å². The van der Waals surface area contributed by atoms with Crippen LogP contribution in [0.5, 0.6) is 5.75 Å². The van der Waals surface area contributed by atoms with Gasteiger partial charge in [-0.05, 0) is 24.6 Å². The molecule has 7 nitrogen and oxygen atoms in total. The van der Waals surface area contributed by atoms with Crippen LogP contribution in [-0.4, -0.2) is 46.4 Å². The highest BCUT2D eigenvalue weighted by atomic mass is 127. The summed E-state index contributed by atoms with van der Waals surface area (Å²) in [5, 5.41) is 6.18. The van der Waals surface area contributed by atoms with E-state index < -0.39 is 10.0 Å². The molecular weight excluding hydrogens is 515 g/mol. The van der Waals surface area contributed by atoms with Crippen LogP contribution in [0.3, 0.4) is 0 Å². The Bertz CT molecular complexity index is 834. The largest absolute Gasteiger partial charge is 0.494 e. The second kappa shape index (κ2) is 15.0. The van der Waals surface area contributed by atoms with Gasteiger partial charge in [-0.25, -0.2) is 13.1 Å². The molecule has 3 N–H and O–H groups in total. The van der Waals surface area contributed by atoms with Crippen LogP contribution < -0.4 is 20.1 Å². The van der Waals surface area contributed by atoms with Crippen molar-refractivity contribution >= 4 is 40.0 Å². The maximum Gasteiger partial charge on any atom is 0.213 e. The van der Waals surface area contributed by atoms with Crippen LogP contribution in [0.4, 0.5) is 0 Å². The van der Waals surface area contributed by atoms with Crippen LogP contribution in [0.2, 0.25) is 0 Å². The molecule has 30 heavy (non-hydrogen) atoms. The van der Waals surface area contributed by atoms with Crippen LogP contribution in [0.25, 0.3) is 0 Å². The Morgan fingerprint density at radius 2 is 1.67 bits per heavy atom. The fourth-order valence-electron chi connectivity index (χ4n) is 2.47. The van der Waals surface area contributed by atoms with Gasteiger partial charge in [0.05, 0.1) is 12.4 Å². The van der Waals surface area contributed by atoms with Gasteiger partial charge < -0.3 is 15.4 Å². The molecule has 2 rings (SSSR count). The fourth-order valence-corrected chi connectivity index (χ4v) is 3.37. The van der Waals surface area contributed by atoms with E-state index in [2.05, 4.69) is 20.3 Å². The summed E-state index contributed by atoms with van der Waals surface area (Å²) in [6.45, 7) is 4.39. The Kier molecular flexibility index (Phi) is 13.1. The maximum atomic E-state index is 12.1. The van der Waals surface area contributed by atoms with Gasteiger partial charge in [-0.2, -0.15) is 0 Å². The summed E-state index contributed by atoms with van der Waals surface area (Å²) in [6, 6.07) is 19.1. The Balaban J connectivity index is 0.00000450. The fraction of sp³-hybridized carbons (Fsp3) is 0.381. The quantitative estimate of drug-likeness (QED) is 0.165. The van der Waals surface area contributed by atoms with Crippen LogP contribution in [0.15, 0.2) is 65.7 Å². The molecular formula is C21H31IN4O3S. The first-order valence-electron chi connectivity index (χ1n) is 9.80. The SMILES string of the molecule is CCNC(=NCCCOc1ccccc1)NCCS(=O)(=O)NCc1ccccc1.I. The van der Waals surface area contributed by atoms with Gasteiger partial charge >= 0.3 is 0 Å². The third kappa shape index (κ3) is 11.4. The molecule has 0 saturated carbocycles. The van der Waals surface area contributed by atoms with E-state index in [1.54, 1.807) is 0 Å².